The maximum absolute atomic E-state index is 11.7. The molecule has 38 heavy (non-hydrogen) atoms. The third-order valence-corrected chi connectivity index (χ3v) is 6.71. The van der Waals surface area contributed by atoms with E-state index < -0.39 is 0 Å². The molecule has 1 aliphatic rings. The second-order valence-electron chi connectivity index (χ2n) is 9.26. The first-order valence-electron chi connectivity index (χ1n) is 12.7. The van der Waals surface area contributed by atoms with E-state index in [2.05, 4.69) is 25.6 Å². The SMILES string of the molecule is CNC(=O)c1ccc(OCNc2nc(OC3CCCC3)c3c(-c4cccc5oc(C)nc45)c[nH]c3n2)cc1. The Morgan fingerprint density at radius 1 is 1.08 bits per heavy atom. The van der Waals surface area contributed by atoms with Gasteiger partial charge in [0.2, 0.25) is 11.8 Å². The zero-order chi connectivity index (χ0) is 26.1. The van der Waals surface area contributed by atoms with Crippen molar-refractivity contribution in [1.29, 1.82) is 0 Å². The molecule has 1 aliphatic carbocycles. The summed E-state index contributed by atoms with van der Waals surface area (Å²) in [5.41, 5.74) is 4.57. The van der Waals surface area contributed by atoms with Gasteiger partial charge in [-0.05, 0) is 56.0 Å². The highest BCUT2D eigenvalue weighted by molar-refractivity contribution is 6.04. The quantitative estimate of drug-likeness (QED) is 0.242. The van der Waals surface area contributed by atoms with E-state index in [4.69, 9.17) is 18.9 Å². The van der Waals surface area contributed by atoms with Gasteiger partial charge in [0, 0.05) is 36.9 Å². The lowest BCUT2D eigenvalue weighted by Gasteiger charge is -2.15. The number of aromatic amines is 1. The van der Waals surface area contributed by atoms with Gasteiger partial charge in [-0.15, -0.1) is 0 Å². The summed E-state index contributed by atoms with van der Waals surface area (Å²) < 4.78 is 18.0. The van der Waals surface area contributed by atoms with Gasteiger partial charge in [0.1, 0.15) is 23.0 Å². The molecular formula is C28H28N6O4. The number of aromatic nitrogens is 4. The first-order chi connectivity index (χ1) is 18.6. The van der Waals surface area contributed by atoms with Crippen molar-refractivity contribution in [3.63, 3.8) is 0 Å². The second-order valence-corrected chi connectivity index (χ2v) is 9.26. The molecule has 1 fully saturated rings. The molecule has 3 heterocycles. The number of H-pyrrole nitrogens is 1. The fourth-order valence-electron chi connectivity index (χ4n) is 4.85. The van der Waals surface area contributed by atoms with Crippen molar-refractivity contribution in [2.24, 2.45) is 0 Å². The van der Waals surface area contributed by atoms with E-state index in [9.17, 15) is 4.79 Å². The molecule has 6 rings (SSSR count). The van der Waals surface area contributed by atoms with Crippen LogP contribution in [0.1, 0.15) is 41.9 Å². The van der Waals surface area contributed by atoms with Crippen molar-refractivity contribution in [3.05, 3.63) is 60.1 Å². The summed E-state index contributed by atoms with van der Waals surface area (Å²) >= 11 is 0. The molecule has 5 aromatic rings. The van der Waals surface area contributed by atoms with Gasteiger partial charge in [-0.3, -0.25) is 4.79 Å². The van der Waals surface area contributed by atoms with Crippen LogP contribution in [0.5, 0.6) is 11.6 Å². The average Bonchev–Trinajstić information content (AvgIpc) is 3.68. The van der Waals surface area contributed by atoms with Crippen molar-refractivity contribution in [2.45, 2.75) is 38.7 Å². The van der Waals surface area contributed by atoms with E-state index in [1.165, 1.54) is 0 Å². The van der Waals surface area contributed by atoms with Crippen LogP contribution in [0.2, 0.25) is 0 Å². The van der Waals surface area contributed by atoms with Gasteiger partial charge in [-0.2, -0.15) is 9.97 Å². The van der Waals surface area contributed by atoms with Crippen molar-refractivity contribution in [1.82, 2.24) is 25.3 Å². The molecule has 1 amide bonds. The number of amides is 1. The normalized spacial score (nSPS) is 13.7. The molecule has 194 valence electrons. The number of ether oxygens (including phenoxy) is 2. The van der Waals surface area contributed by atoms with Gasteiger partial charge in [0.15, 0.2) is 18.2 Å². The molecule has 0 atom stereocenters. The molecule has 3 aromatic heterocycles. The Morgan fingerprint density at radius 2 is 1.89 bits per heavy atom. The van der Waals surface area contributed by atoms with E-state index in [1.54, 1.807) is 31.3 Å². The van der Waals surface area contributed by atoms with Crippen LogP contribution >= 0.6 is 0 Å². The first-order valence-corrected chi connectivity index (χ1v) is 12.7. The topological polar surface area (TPSA) is 127 Å². The molecule has 0 saturated heterocycles. The molecule has 0 radical (unpaired) electrons. The highest BCUT2D eigenvalue weighted by atomic mass is 16.5. The average molecular weight is 513 g/mol. The Kier molecular flexibility index (Phi) is 6.28. The number of benzene rings is 2. The van der Waals surface area contributed by atoms with E-state index in [0.29, 0.717) is 34.7 Å². The summed E-state index contributed by atoms with van der Waals surface area (Å²) in [5, 5.41) is 6.54. The standard InChI is InChI=1S/C28H28N6O4/c1-16-32-24-20(8-5-9-22(24)37-16)21-14-30-25-23(21)27(38-19-6-3-4-7-19)34-28(33-25)31-15-36-18-12-10-17(11-13-18)26(35)29-2/h5,8-14,19H,3-4,6-7,15H2,1-2H3,(H,29,35)(H2,30,31,33,34). The van der Waals surface area contributed by atoms with Crippen LogP contribution in [0.4, 0.5) is 5.95 Å². The van der Waals surface area contributed by atoms with Gasteiger partial charge in [0.05, 0.1) is 5.39 Å². The number of nitrogens with one attached hydrogen (secondary N) is 3. The second kappa shape index (κ2) is 10.0. The Morgan fingerprint density at radius 3 is 2.68 bits per heavy atom. The van der Waals surface area contributed by atoms with E-state index >= 15 is 0 Å². The monoisotopic (exact) mass is 512 g/mol. The van der Waals surface area contributed by atoms with Gasteiger partial charge < -0.3 is 29.5 Å². The van der Waals surface area contributed by atoms with Gasteiger partial charge in [-0.1, -0.05) is 12.1 Å². The number of carbonyl (C=O) groups is 1. The van der Waals surface area contributed by atoms with Crippen molar-refractivity contribution in [3.8, 4) is 22.8 Å². The fourth-order valence-corrected chi connectivity index (χ4v) is 4.85. The van der Waals surface area contributed by atoms with Crippen molar-refractivity contribution >= 4 is 34.0 Å². The number of hydrogen-bond donors (Lipinski definition) is 3. The summed E-state index contributed by atoms with van der Waals surface area (Å²) in [6.07, 6.45) is 6.32. The minimum atomic E-state index is -0.147. The zero-order valence-corrected chi connectivity index (χ0v) is 21.2. The largest absolute Gasteiger partial charge is 0.474 e. The number of hydrogen-bond acceptors (Lipinski definition) is 8. The van der Waals surface area contributed by atoms with Crippen LogP contribution in [0.15, 0.2) is 53.1 Å². The number of oxazole rings is 1. The molecule has 1 saturated carbocycles. The molecule has 3 N–H and O–H groups in total. The Balaban J connectivity index is 1.30. The summed E-state index contributed by atoms with van der Waals surface area (Å²) in [5.74, 6) is 1.99. The predicted octanol–water partition coefficient (Wildman–Crippen LogP) is 5.20. The van der Waals surface area contributed by atoms with E-state index in [0.717, 1.165) is 53.3 Å². The molecule has 0 spiro atoms. The molecule has 0 bridgehead atoms. The molecule has 10 nitrogen and oxygen atoms in total. The highest BCUT2D eigenvalue weighted by Crippen LogP contribution is 2.38. The Labute approximate surface area is 218 Å². The fraction of sp³-hybridized carbons (Fsp3) is 0.286. The molecule has 10 heteroatoms. The lowest BCUT2D eigenvalue weighted by atomic mass is 10.0. The number of carbonyl (C=O) groups excluding carboxylic acids is 1. The molecule has 0 aliphatic heterocycles. The summed E-state index contributed by atoms with van der Waals surface area (Å²) in [6, 6.07) is 12.8. The van der Waals surface area contributed by atoms with E-state index in [-0.39, 0.29) is 18.7 Å². The maximum Gasteiger partial charge on any atom is 0.251 e. The third-order valence-electron chi connectivity index (χ3n) is 6.71. The minimum Gasteiger partial charge on any atom is -0.474 e. The van der Waals surface area contributed by atoms with Gasteiger partial charge in [-0.25, -0.2) is 4.98 Å². The van der Waals surface area contributed by atoms with Crippen LogP contribution in [0.25, 0.3) is 33.3 Å². The number of anilines is 1. The van der Waals surface area contributed by atoms with Crippen molar-refractivity contribution in [2.75, 3.05) is 19.1 Å². The highest BCUT2D eigenvalue weighted by Gasteiger charge is 2.23. The zero-order valence-electron chi connectivity index (χ0n) is 21.2. The number of fused-ring (bicyclic) bond motifs is 2. The van der Waals surface area contributed by atoms with Gasteiger partial charge >= 0.3 is 0 Å². The first kappa shape index (κ1) is 23.8. The van der Waals surface area contributed by atoms with Gasteiger partial charge in [0.25, 0.3) is 5.91 Å². The molecule has 2 aromatic carbocycles. The number of nitrogens with zero attached hydrogens (tertiary/aromatic N) is 3. The smallest absolute Gasteiger partial charge is 0.251 e. The lowest BCUT2D eigenvalue weighted by Crippen LogP contribution is -2.17. The van der Waals surface area contributed by atoms with Crippen LogP contribution in [0, 0.1) is 6.92 Å². The Bertz CT molecular complexity index is 1600. The summed E-state index contributed by atoms with van der Waals surface area (Å²) in [4.78, 5) is 29.1. The number of aryl methyl sites for hydroxylation is 1. The van der Waals surface area contributed by atoms with Crippen molar-refractivity contribution < 1.29 is 18.7 Å². The Hall–Kier alpha value is -4.60. The van der Waals surface area contributed by atoms with Crippen LogP contribution in [0.3, 0.4) is 0 Å². The van der Waals surface area contributed by atoms with E-state index in [1.807, 2.05) is 31.3 Å². The number of para-hydroxylation sites is 1. The van der Waals surface area contributed by atoms with Crippen LogP contribution in [-0.4, -0.2) is 45.7 Å². The minimum absolute atomic E-state index is 0.115. The third kappa shape index (κ3) is 4.60. The summed E-state index contributed by atoms with van der Waals surface area (Å²) in [6.45, 7) is 1.98. The van der Waals surface area contributed by atoms with Crippen LogP contribution in [-0.2, 0) is 0 Å². The summed E-state index contributed by atoms with van der Waals surface area (Å²) in [7, 11) is 1.60. The molecular weight excluding hydrogens is 484 g/mol. The maximum atomic E-state index is 11.7. The van der Waals surface area contributed by atoms with Crippen LogP contribution < -0.4 is 20.1 Å². The lowest BCUT2D eigenvalue weighted by molar-refractivity contribution is 0.0963. The predicted molar refractivity (Wildman–Crippen MR) is 143 cm³/mol. The number of rotatable bonds is 8. The molecule has 0 unspecified atom stereocenters.